The van der Waals surface area contributed by atoms with Crippen LogP contribution in [0.15, 0.2) is 51.8 Å². The number of rotatable bonds is 3. The highest BCUT2D eigenvalue weighted by molar-refractivity contribution is 9.10. The Morgan fingerprint density at radius 3 is 2.29 bits per heavy atom. The van der Waals surface area contributed by atoms with Crippen LogP contribution in [0.3, 0.4) is 0 Å². The van der Waals surface area contributed by atoms with Gasteiger partial charge < -0.3 is 5.32 Å². The van der Waals surface area contributed by atoms with Crippen molar-refractivity contribution >= 4 is 47.3 Å². The molecule has 2 aromatic carbocycles. The predicted molar refractivity (Wildman–Crippen MR) is 86.3 cm³/mol. The monoisotopic (exact) mass is 387 g/mol. The van der Waals surface area contributed by atoms with E-state index in [4.69, 9.17) is 10.7 Å². The maximum atomic E-state index is 12.1. The molecule has 2 rings (SSSR count). The number of carbonyl (C=O) groups is 1. The van der Waals surface area contributed by atoms with Gasteiger partial charge in [0.2, 0.25) is 0 Å². The first-order valence-electron chi connectivity index (χ1n) is 5.89. The Morgan fingerprint density at radius 1 is 1.14 bits per heavy atom. The minimum Gasteiger partial charge on any atom is -0.322 e. The van der Waals surface area contributed by atoms with Gasteiger partial charge in [0.1, 0.15) is 0 Å². The van der Waals surface area contributed by atoms with E-state index in [9.17, 15) is 13.2 Å². The molecule has 0 spiro atoms. The number of amides is 1. The SMILES string of the molecule is Cc1cc(Br)cc(C(=O)Nc2ccc(S(=O)(=O)Cl)cc2)c1. The van der Waals surface area contributed by atoms with Crippen LogP contribution in [0.5, 0.6) is 0 Å². The smallest absolute Gasteiger partial charge is 0.261 e. The summed E-state index contributed by atoms with van der Waals surface area (Å²) in [6.07, 6.45) is 0. The van der Waals surface area contributed by atoms with Gasteiger partial charge in [-0.2, -0.15) is 0 Å². The molecule has 0 aliphatic rings. The summed E-state index contributed by atoms with van der Waals surface area (Å²) >= 11 is 3.34. The Bertz CT molecular complexity index is 768. The van der Waals surface area contributed by atoms with Crippen molar-refractivity contribution in [1.29, 1.82) is 0 Å². The lowest BCUT2D eigenvalue weighted by atomic mass is 10.1. The van der Waals surface area contributed by atoms with Gasteiger partial charge >= 0.3 is 0 Å². The number of nitrogens with one attached hydrogen (secondary N) is 1. The predicted octanol–water partition coefficient (Wildman–Crippen LogP) is 3.94. The summed E-state index contributed by atoms with van der Waals surface area (Å²) in [5, 5.41) is 2.69. The lowest BCUT2D eigenvalue weighted by Crippen LogP contribution is -2.12. The Balaban J connectivity index is 2.20. The first-order valence-corrected chi connectivity index (χ1v) is 8.99. The fourth-order valence-corrected chi connectivity index (χ4v) is 3.15. The van der Waals surface area contributed by atoms with Crippen molar-refractivity contribution in [3.05, 3.63) is 58.1 Å². The standard InChI is InChI=1S/C14H11BrClNO3S/c1-9-6-10(8-11(15)7-9)14(18)17-12-2-4-13(5-3-12)21(16,19)20/h2-8H,1H3,(H,17,18). The Morgan fingerprint density at radius 2 is 1.76 bits per heavy atom. The van der Waals surface area contributed by atoms with Gasteiger partial charge in [0.05, 0.1) is 4.90 Å². The molecule has 2 aromatic rings. The third kappa shape index (κ3) is 4.30. The molecular formula is C14H11BrClNO3S. The quantitative estimate of drug-likeness (QED) is 0.810. The van der Waals surface area contributed by atoms with E-state index < -0.39 is 9.05 Å². The highest BCUT2D eigenvalue weighted by atomic mass is 79.9. The van der Waals surface area contributed by atoms with Gasteiger partial charge in [-0.1, -0.05) is 15.9 Å². The van der Waals surface area contributed by atoms with Crippen LogP contribution in [-0.4, -0.2) is 14.3 Å². The summed E-state index contributed by atoms with van der Waals surface area (Å²) in [6.45, 7) is 1.89. The highest BCUT2D eigenvalue weighted by Crippen LogP contribution is 2.19. The van der Waals surface area contributed by atoms with Gasteiger partial charge in [-0.3, -0.25) is 4.79 Å². The van der Waals surface area contributed by atoms with Gasteiger partial charge in [0, 0.05) is 26.4 Å². The molecule has 7 heteroatoms. The molecule has 110 valence electrons. The molecule has 0 bridgehead atoms. The van der Waals surface area contributed by atoms with Crippen LogP contribution in [-0.2, 0) is 9.05 Å². The third-order valence-corrected chi connectivity index (χ3v) is 4.53. The van der Waals surface area contributed by atoms with Crippen molar-refractivity contribution < 1.29 is 13.2 Å². The average molecular weight is 389 g/mol. The van der Waals surface area contributed by atoms with Gasteiger partial charge in [-0.15, -0.1) is 0 Å². The van der Waals surface area contributed by atoms with Crippen LogP contribution in [0.25, 0.3) is 0 Å². The van der Waals surface area contributed by atoms with E-state index in [0.717, 1.165) is 10.0 Å². The minimum absolute atomic E-state index is 0.0135. The molecule has 0 heterocycles. The van der Waals surface area contributed by atoms with Crippen LogP contribution in [0.1, 0.15) is 15.9 Å². The molecule has 1 amide bonds. The van der Waals surface area contributed by atoms with Crippen molar-refractivity contribution in [3.8, 4) is 0 Å². The first-order chi connectivity index (χ1) is 9.75. The minimum atomic E-state index is -3.76. The topological polar surface area (TPSA) is 63.2 Å². The summed E-state index contributed by atoms with van der Waals surface area (Å²) in [6, 6.07) is 11.0. The summed E-state index contributed by atoms with van der Waals surface area (Å²) in [7, 11) is 1.47. The van der Waals surface area contributed by atoms with E-state index in [1.165, 1.54) is 24.3 Å². The zero-order valence-electron chi connectivity index (χ0n) is 10.9. The number of halogens is 2. The van der Waals surface area contributed by atoms with Crippen molar-refractivity contribution in [2.75, 3.05) is 5.32 Å². The molecular weight excluding hydrogens is 378 g/mol. The highest BCUT2D eigenvalue weighted by Gasteiger charge is 2.11. The molecule has 0 aliphatic carbocycles. The van der Waals surface area contributed by atoms with E-state index in [2.05, 4.69) is 21.2 Å². The average Bonchev–Trinajstić information content (AvgIpc) is 2.37. The lowest BCUT2D eigenvalue weighted by molar-refractivity contribution is 0.102. The largest absolute Gasteiger partial charge is 0.322 e. The van der Waals surface area contributed by atoms with E-state index in [1.807, 2.05) is 13.0 Å². The van der Waals surface area contributed by atoms with Crippen LogP contribution in [0.4, 0.5) is 5.69 Å². The van der Waals surface area contributed by atoms with Crippen LogP contribution in [0.2, 0.25) is 0 Å². The second kappa shape index (κ2) is 6.17. The van der Waals surface area contributed by atoms with Crippen LogP contribution >= 0.6 is 26.6 Å². The molecule has 21 heavy (non-hydrogen) atoms. The summed E-state index contributed by atoms with van der Waals surface area (Å²) < 4.78 is 23.1. The molecule has 0 saturated heterocycles. The number of carbonyl (C=O) groups excluding carboxylic acids is 1. The molecule has 4 nitrogen and oxygen atoms in total. The van der Waals surface area contributed by atoms with E-state index >= 15 is 0 Å². The van der Waals surface area contributed by atoms with Crippen molar-refractivity contribution in [2.45, 2.75) is 11.8 Å². The summed E-state index contributed by atoms with van der Waals surface area (Å²) in [5.74, 6) is -0.277. The summed E-state index contributed by atoms with van der Waals surface area (Å²) in [4.78, 5) is 12.1. The van der Waals surface area contributed by atoms with Crippen molar-refractivity contribution in [3.63, 3.8) is 0 Å². The maximum Gasteiger partial charge on any atom is 0.261 e. The fourth-order valence-electron chi connectivity index (χ4n) is 1.77. The Hall–Kier alpha value is -1.37. The molecule has 0 radical (unpaired) electrons. The van der Waals surface area contributed by atoms with Gasteiger partial charge in [0.15, 0.2) is 0 Å². The van der Waals surface area contributed by atoms with Gasteiger partial charge in [0.25, 0.3) is 15.0 Å². The Labute approximate surface area is 135 Å². The zero-order valence-corrected chi connectivity index (χ0v) is 14.1. The maximum absolute atomic E-state index is 12.1. The fraction of sp³-hybridized carbons (Fsp3) is 0.0714. The number of aryl methyl sites for hydroxylation is 1. The number of hydrogen-bond donors (Lipinski definition) is 1. The van der Waals surface area contributed by atoms with E-state index in [-0.39, 0.29) is 10.8 Å². The first kappa shape index (κ1) is 16.0. The van der Waals surface area contributed by atoms with Crippen LogP contribution in [0, 0.1) is 6.92 Å². The lowest BCUT2D eigenvalue weighted by Gasteiger charge is -2.07. The molecule has 0 unspecified atom stereocenters. The van der Waals surface area contributed by atoms with E-state index in [1.54, 1.807) is 12.1 Å². The number of benzene rings is 2. The third-order valence-electron chi connectivity index (χ3n) is 2.70. The molecule has 0 saturated carbocycles. The molecule has 0 aliphatic heterocycles. The summed E-state index contributed by atoms with van der Waals surface area (Å²) in [5.41, 5.74) is 1.95. The van der Waals surface area contributed by atoms with Crippen molar-refractivity contribution in [2.24, 2.45) is 0 Å². The normalized spacial score (nSPS) is 11.2. The molecule has 0 atom stereocenters. The van der Waals surface area contributed by atoms with E-state index in [0.29, 0.717) is 11.3 Å². The molecule has 1 N–H and O–H groups in total. The zero-order chi connectivity index (χ0) is 15.6. The number of anilines is 1. The Kier molecular flexibility index (Phi) is 4.70. The van der Waals surface area contributed by atoms with Crippen LogP contribution < -0.4 is 5.32 Å². The van der Waals surface area contributed by atoms with Gasteiger partial charge in [-0.25, -0.2) is 8.42 Å². The number of hydrogen-bond acceptors (Lipinski definition) is 3. The second-order valence-electron chi connectivity index (χ2n) is 4.43. The second-order valence-corrected chi connectivity index (χ2v) is 7.92. The molecule has 0 fully saturated rings. The molecule has 0 aromatic heterocycles. The van der Waals surface area contributed by atoms with Gasteiger partial charge in [-0.05, 0) is 55.0 Å². The van der Waals surface area contributed by atoms with Crippen molar-refractivity contribution in [1.82, 2.24) is 0 Å².